The van der Waals surface area contributed by atoms with E-state index >= 15 is 0 Å². The molecule has 1 aromatic rings. The van der Waals surface area contributed by atoms with Crippen LogP contribution in [0.25, 0.3) is 0 Å². The molecule has 0 aliphatic heterocycles. The van der Waals surface area contributed by atoms with Gasteiger partial charge in [-0.25, -0.2) is 4.79 Å². The minimum Gasteiger partial charge on any atom is -0.478 e. The number of rotatable bonds is 5. The Morgan fingerprint density at radius 1 is 1.56 bits per heavy atom. The van der Waals surface area contributed by atoms with Crippen molar-refractivity contribution >= 4 is 27.6 Å². The van der Waals surface area contributed by atoms with Crippen LogP contribution >= 0.6 is 15.9 Å². The number of aromatic carboxylic acids is 1. The molecule has 0 aliphatic carbocycles. The summed E-state index contributed by atoms with van der Waals surface area (Å²) in [6, 6.07) is 4.96. The summed E-state index contributed by atoms with van der Waals surface area (Å²) in [6.07, 6.45) is 0. The predicted molar refractivity (Wildman–Crippen MR) is 65.8 cm³/mol. The quantitative estimate of drug-likeness (QED) is 0.776. The molecular weight excluding hydrogens is 274 g/mol. The van der Waals surface area contributed by atoms with Crippen molar-refractivity contribution in [1.29, 1.82) is 0 Å². The van der Waals surface area contributed by atoms with E-state index in [-0.39, 0.29) is 18.1 Å². The SMILES string of the molecule is CC(CO)CNc1ccc(C(=O)O)c(Br)c1. The topological polar surface area (TPSA) is 69.6 Å². The van der Waals surface area contributed by atoms with Gasteiger partial charge in [0.25, 0.3) is 0 Å². The maximum Gasteiger partial charge on any atom is 0.336 e. The third-order valence-corrected chi connectivity index (χ3v) is 2.82. The number of carboxylic acid groups (broad SMARTS) is 1. The number of carboxylic acids is 1. The first-order valence-corrected chi connectivity index (χ1v) is 5.71. The van der Waals surface area contributed by atoms with Gasteiger partial charge in [0.05, 0.1) is 5.56 Å². The summed E-state index contributed by atoms with van der Waals surface area (Å²) < 4.78 is 0.543. The average Bonchev–Trinajstić information content (AvgIpc) is 2.25. The van der Waals surface area contributed by atoms with Crippen molar-refractivity contribution in [2.45, 2.75) is 6.92 Å². The first kappa shape index (κ1) is 13.0. The standard InChI is InChI=1S/C11H14BrNO3/c1-7(6-14)5-13-8-2-3-9(11(15)16)10(12)4-8/h2-4,7,13-14H,5-6H2,1H3,(H,15,16). The van der Waals surface area contributed by atoms with Crippen molar-refractivity contribution in [2.24, 2.45) is 5.92 Å². The molecule has 1 aromatic carbocycles. The molecule has 0 bridgehead atoms. The van der Waals surface area contributed by atoms with E-state index in [4.69, 9.17) is 10.2 Å². The number of hydrogen-bond donors (Lipinski definition) is 3. The molecule has 5 heteroatoms. The van der Waals surface area contributed by atoms with Crippen molar-refractivity contribution in [1.82, 2.24) is 0 Å². The fourth-order valence-electron chi connectivity index (χ4n) is 1.16. The zero-order chi connectivity index (χ0) is 12.1. The second-order valence-corrected chi connectivity index (χ2v) is 4.52. The first-order valence-electron chi connectivity index (χ1n) is 4.92. The summed E-state index contributed by atoms with van der Waals surface area (Å²) in [4.78, 5) is 10.8. The van der Waals surface area contributed by atoms with E-state index in [2.05, 4.69) is 21.2 Å². The molecular formula is C11H14BrNO3. The van der Waals surface area contributed by atoms with Crippen LogP contribution in [-0.2, 0) is 0 Å². The zero-order valence-corrected chi connectivity index (χ0v) is 10.5. The van der Waals surface area contributed by atoms with Gasteiger partial charge < -0.3 is 15.5 Å². The Morgan fingerprint density at radius 3 is 2.75 bits per heavy atom. The van der Waals surface area contributed by atoms with Gasteiger partial charge in [-0.05, 0) is 40.0 Å². The van der Waals surface area contributed by atoms with Gasteiger partial charge in [0.15, 0.2) is 0 Å². The molecule has 16 heavy (non-hydrogen) atoms. The van der Waals surface area contributed by atoms with E-state index in [1.807, 2.05) is 6.92 Å². The zero-order valence-electron chi connectivity index (χ0n) is 8.90. The van der Waals surface area contributed by atoms with Crippen LogP contribution < -0.4 is 5.32 Å². The number of anilines is 1. The molecule has 0 fully saturated rings. The second-order valence-electron chi connectivity index (χ2n) is 3.67. The Morgan fingerprint density at radius 2 is 2.25 bits per heavy atom. The summed E-state index contributed by atoms with van der Waals surface area (Å²) >= 11 is 3.20. The Hall–Kier alpha value is -1.07. The molecule has 1 rings (SSSR count). The van der Waals surface area contributed by atoms with E-state index in [0.29, 0.717) is 11.0 Å². The Labute approximate surface area is 102 Å². The summed E-state index contributed by atoms with van der Waals surface area (Å²) in [7, 11) is 0. The van der Waals surface area contributed by atoms with Crippen molar-refractivity contribution in [2.75, 3.05) is 18.5 Å². The van der Waals surface area contributed by atoms with Crippen LogP contribution in [0.5, 0.6) is 0 Å². The van der Waals surface area contributed by atoms with E-state index < -0.39 is 5.97 Å². The fraction of sp³-hybridized carbons (Fsp3) is 0.364. The lowest BCUT2D eigenvalue weighted by atomic mass is 10.1. The highest BCUT2D eigenvalue weighted by molar-refractivity contribution is 9.10. The lowest BCUT2D eigenvalue weighted by molar-refractivity contribution is 0.0696. The number of hydrogen-bond acceptors (Lipinski definition) is 3. The molecule has 0 radical (unpaired) electrons. The van der Waals surface area contributed by atoms with Crippen LogP contribution in [0.3, 0.4) is 0 Å². The number of benzene rings is 1. The maximum absolute atomic E-state index is 10.8. The molecule has 1 unspecified atom stereocenters. The molecule has 0 heterocycles. The highest BCUT2D eigenvalue weighted by Gasteiger charge is 2.08. The molecule has 0 aliphatic rings. The Balaban J connectivity index is 2.70. The minimum absolute atomic E-state index is 0.126. The Bertz CT molecular complexity index is 381. The molecule has 0 spiro atoms. The number of aliphatic hydroxyl groups excluding tert-OH is 1. The third-order valence-electron chi connectivity index (χ3n) is 2.17. The molecule has 1 atom stereocenters. The van der Waals surface area contributed by atoms with E-state index in [1.54, 1.807) is 18.2 Å². The van der Waals surface area contributed by atoms with Crippen molar-refractivity contribution in [3.8, 4) is 0 Å². The van der Waals surface area contributed by atoms with Crippen molar-refractivity contribution < 1.29 is 15.0 Å². The summed E-state index contributed by atoms with van der Waals surface area (Å²) in [5.41, 5.74) is 1.07. The summed E-state index contributed by atoms with van der Waals surface area (Å²) in [5.74, 6) is -0.792. The van der Waals surface area contributed by atoms with E-state index in [9.17, 15) is 4.79 Å². The summed E-state index contributed by atoms with van der Waals surface area (Å²) in [6.45, 7) is 2.70. The molecule has 0 amide bonds. The van der Waals surface area contributed by atoms with Gasteiger partial charge in [0, 0.05) is 23.3 Å². The van der Waals surface area contributed by atoms with Gasteiger partial charge in [0.2, 0.25) is 0 Å². The van der Waals surface area contributed by atoms with Crippen LogP contribution in [0.1, 0.15) is 17.3 Å². The van der Waals surface area contributed by atoms with Crippen molar-refractivity contribution in [3.63, 3.8) is 0 Å². The molecule has 0 saturated carbocycles. The van der Waals surface area contributed by atoms with Crippen LogP contribution in [0.2, 0.25) is 0 Å². The van der Waals surface area contributed by atoms with Crippen LogP contribution in [0, 0.1) is 5.92 Å². The van der Waals surface area contributed by atoms with Gasteiger partial charge in [-0.15, -0.1) is 0 Å². The van der Waals surface area contributed by atoms with Crippen LogP contribution in [-0.4, -0.2) is 29.3 Å². The molecule has 0 aromatic heterocycles. The lowest BCUT2D eigenvalue weighted by Gasteiger charge is -2.11. The highest BCUT2D eigenvalue weighted by Crippen LogP contribution is 2.21. The molecule has 88 valence electrons. The van der Waals surface area contributed by atoms with Gasteiger partial charge in [-0.2, -0.15) is 0 Å². The minimum atomic E-state index is -0.956. The summed E-state index contributed by atoms with van der Waals surface area (Å²) in [5, 5.41) is 20.8. The van der Waals surface area contributed by atoms with Crippen LogP contribution in [0.4, 0.5) is 5.69 Å². The van der Waals surface area contributed by atoms with E-state index in [0.717, 1.165) is 5.69 Å². The van der Waals surface area contributed by atoms with Gasteiger partial charge in [0.1, 0.15) is 0 Å². The predicted octanol–water partition coefficient (Wildman–Crippen LogP) is 2.19. The number of carbonyl (C=O) groups is 1. The fourth-order valence-corrected chi connectivity index (χ4v) is 1.70. The average molecular weight is 288 g/mol. The number of nitrogens with one attached hydrogen (secondary N) is 1. The van der Waals surface area contributed by atoms with Gasteiger partial charge in [-0.1, -0.05) is 6.92 Å². The molecule has 0 saturated heterocycles. The van der Waals surface area contributed by atoms with E-state index in [1.165, 1.54) is 0 Å². The third kappa shape index (κ3) is 3.50. The first-order chi connectivity index (χ1) is 7.54. The number of halogens is 1. The molecule has 4 nitrogen and oxygen atoms in total. The largest absolute Gasteiger partial charge is 0.478 e. The highest BCUT2D eigenvalue weighted by atomic mass is 79.9. The second kappa shape index (κ2) is 5.86. The Kier molecular flexibility index (Phi) is 4.76. The normalized spacial score (nSPS) is 12.2. The smallest absolute Gasteiger partial charge is 0.336 e. The molecule has 3 N–H and O–H groups in total. The van der Waals surface area contributed by atoms with Crippen molar-refractivity contribution in [3.05, 3.63) is 28.2 Å². The lowest BCUT2D eigenvalue weighted by Crippen LogP contribution is -2.14. The van der Waals surface area contributed by atoms with Gasteiger partial charge in [-0.3, -0.25) is 0 Å². The van der Waals surface area contributed by atoms with Crippen LogP contribution in [0.15, 0.2) is 22.7 Å². The number of aliphatic hydroxyl groups is 1. The monoisotopic (exact) mass is 287 g/mol. The van der Waals surface area contributed by atoms with Gasteiger partial charge >= 0.3 is 5.97 Å². The maximum atomic E-state index is 10.8.